The van der Waals surface area contributed by atoms with Gasteiger partial charge in [0.2, 0.25) is 0 Å². The van der Waals surface area contributed by atoms with Crippen LogP contribution in [0.3, 0.4) is 0 Å². The number of hydrogen-bond acceptors (Lipinski definition) is 3. The Morgan fingerprint density at radius 1 is 1.33 bits per heavy atom. The number of aromatic nitrogens is 1. The number of thiazole rings is 1. The zero-order valence-electron chi connectivity index (χ0n) is 11.7. The predicted octanol–water partition coefficient (Wildman–Crippen LogP) is 4.84. The van der Waals surface area contributed by atoms with E-state index >= 15 is 0 Å². The van der Waals surface area contributed by atoms with Crippen molar-refractivity contribution >= 4 is 26.7 Å². The monoisotopic (exact) mass is 262 g/mol. The van der Waals surface area contributed by atoms with Crippen molar-refractivity contribution in [2.75, 3.05) is 5.32 Å². The van der Waals surface area contributed by atoms with Gasteiger partial charge in [0.1, 0.15) is 0 Å². The summed E-state index contributed by atoms with van der Waals surface area (Å²) in [4.78, 5) is 4.65. The van der Waals surface area contributed by atoms with Gasteiger partial charge in [-0.25, -0.2) is 4.98 Å². The lowest BCUT2D eigenvalue weighted by atomic mass is 10.0. The molecule has 1 heterocycles. The molecular weight excluding hydrogens is 240 g/mol. The summed E-state index contributed by atoms with van der Waals surface area (Å²) in [7, 11) is 0. The van der Waals surface area contributed by atoms with Crippen molar-refractivity contribution in [2.45, 2.75) is 46.6 Å². The highest BCUT2D eigenvalue weighted by atomic mass is 32.1. The number of benzene rings is 1. The molecule has 0 fully saturated rings. The topological polar surface area (TPSA) is 24.9 Å². The van der Waals surface area contributed by atoms with Crippen molar-refractivity contribution in [1.29, 1.82) is 0 Å². The number of fused-ring (bicyclic) bond motifs is 1. The number of aryl methyl sites for hydroxylation is 1. The minimum Gasteiger partial charge on any atom is -0.359 e. The van der Waals surface area contributed by atoms with Crippen molar-refractivity contribution in [2.24, 2.45) is 5.92 Å². The second kappa shape index (κ2) is 5.70. The summed E-state index contributed by atoms with van der Waals surface area (Å²) in [6.07, 6.45) is 2.44. The molecule has 0 aliphatic rings. The van der Waals surface area contributed by atoms with E-state index < -0.39 is 0 Å². The molecule has 0 aliphatic carbocycles. The highest BCUT2D eigenvalue weighted by Gasteiger charge is 2.10. The van der Waals surface area contributed by atoms with E-state index in [9.17, 15) is 0 Å². The standard InChI is InChI=1S/C15H22N2S/c1-5-10(2)8-12(4)16-15-17-13-9-11(3)6-7-14(13)18-15/h6-7,9-10,12H,5,8H2,1-4H3,(H,16,17). The van der Waals surface area contributed by atoms with Gasteiger partial charge in [0.25, 0.3) is 0 Å². The van der Waals surface area contributed by atoms with E-state index in [2.05, 4.69) is 56.2 Å². The largest absolute Gasteiger partial charge is 0.359 e. The maximum Gasteiger partial charge on any atom is 0.183 e. The number of nitrogens with one attached hydrogen (secondary N) is 1. The first kappa shape index (κ1) is 13.3. The summed E-state index contributed by atoms with van der Waals surface area (Å²) in [5.41, 5.74) is 2.38. The minimum absolute atomic E-state index is 0.488. The molecule has 2 atom stereocenters. The van der Waals surface area contributed by atoms with Gasteiger partial charge in [-0.2, -0.15) is 0 Å². The van der Waals surface area contributed by atoms with Crippen LogP contribution in [0.4, 0.5) is 5.13 Å². The van der Waals surface area contributed by atoms with Crippen LogP contribution in [0.25, 0.3) is 10.2 Å². The molecule has 2 rings (SSSR count). The Morgan fingerprint density at radius 2 is 2.11 bits per heavy atom. The molecule has 0 saturated carbocycles. The smallest absolute Gasteiger partial charge is 0.183 e. The Hall–Kier alpha value is -1.09. The molecular formula is C15H22N2S. The van der Waals surface area contributed by atoms with Crippen molar-refractivity contribution < 1.29 is 0 Å². The zero-order valence-corrected chi connectivity index (χ0v) is 12.5. The fourth-order valence-electron chi connectivity index (χ4n) is 2.14. The lowest BCUT2D eigenvalue weighted by Crippen LogP contribution is -2.17. The third-order valence-corrected chi connectivity index (χ3v) is 4.33. The SMILES string of the molecule is CCC(C)CC(C)Nc1nc2cc(C)ccc2s1. The molecule has 3 heteroatoms. The summed E-state index contributed by atoms with van der Waals surface area (Å²) < 4.78 is 1.26. The van der Waals surface area contributed by atoms with Crippen LogP contribution in [-0.2, 0) is 0 Å². The molecule has 0 radical (unpaired) electrons. The molecule has 0 aliphatic heterocycles. The molecule has 2 aromatic rings. The third kappa shape index (κ3) is 3.22. The molecule has 2 unspecified atom stereocenters. The number of nitrogens with zero attached hydrogens (tertiary/aromatic N) is 1. The fourth-order valence-corrected chi connectivity index (χ4v) is 3.10. The second-order valence-electron chi connectivity index (χ2n) is 5.28. The highest BCUT2D eigenvalue weighted by Crippen LogP contribution is 2.27. The van der Waals surface area contributed by atoms with E-state index in [1.54, 1.807) is 11.3 Å². The van der Waals surface area contributed by atoms with E-state index in [-0.39, 0.29) is 0 Å². The molecule has 0 spiro atoms. The van der Waals surface area contributed by atoms with Crippen LogP contribution >= 0.6 is 11.3 Å². The normalized spacial score (nSPS) is 14.7. The van der Waals surface area contributed by atoms with Crippen LogP contribution in [-0.4, -0.2) is 11.0 Å². The van der Waals surface area contributed by atoms with Gasteiger partial charge in [0.15, 0.2) is 5.13 Å². The molecule has 1 aromatic carbocycles. The second-order valence-corrected chi connectivity index (χ2v) is 6.32. The van der Waals surface area contributed by atoms with Crippen LogP contribution in [0, 0.1) is 12.8 Å². The van der Waals surface area contributed by atoms with Gasteiger partial charge in [-0.05, 0) is 43.9 Å². The molecule has 18 heavy (non-hydrogen) atoms. The Bertz CT molecular complexity index is 518. The van der Waals surface area contributed by atoms with Gasteiger partial charge in [-0.3, -0.25) is 0 Å². The molecule has 0 saturated heterocycles. The van der Waals surface area contributed by atoms with Crippen molar-refractivity contribution in [3.63, 3.8) is 0 Å². The molecule has 1 aromatic heterocycles. The van der Waals surface area contributed by atoms with E-state index in [0.29, 0.717) is 6.04 Å². The molecule has 2 nitrogen and oxygen atoms in total. The van der Waals surface area contributed by atoms with Crippen LogP contribution < -0.4 is 5.32 Å². The maximum atomic E-state index is 4.65. The van der Waals surface area contributed by atoms with E-state index in [0.717, 1.165) is 16.6 Å². The van der Waals surface area contributed by atoms with E-state index in [4.69, 9.17) is 0 Å². The van der Waals surface area contributed by atoms with Gasteiger partial charge in [-0.1, -0.05) is 37.7 Å². The average molecular weight is 262 g/mol. The molecule has 1 N–H and O–H groups in total. The van der Waals surface area contributed by atoms with Crippen LogP contribution in [0.15, 0.2) is 18.2 Å². The van der Waals surface area contributed by atoms with E-state index in [1.807, 2.05) is 0 Å². The van der Waals surface area contributed by atoms with E-state index in [1.165, 1.54) is 23.1 Å². The van der Waals surface area contributed by atoms with Gasteiger partial charge < -0.3 is 5.32 Å². The van der Waals surface area contributed by atoms with Gasteiger partial charge in [-0.15, -0.1) is 0 Å². The lowest BCUT2D eigenvalue weighted by Gasteiger charge is -2.16. The Labute approximate surface area is 113 Å². The van der Waals surface area contributed by atoms with Crippen LogP contribution in [0.2, 0.25) is 0 Å². The summed E-state index contributed by atoms with van der Waals surface area (Å²) >= 11 is 1.75. The number of rotatable bonds is 5. The van der Waals surface area contributed by atoms with Gasteiger partial charge in [0, 0.05) is 6.04 Å². The van der Waals surface area contributed by atoms with Gasteiger partial charge in [0.05, 0.1) is 10.2 Å². The number of anilines is 1. The molecule has 98 valence electrons. The van der Waals surface area contributed by atoms with Crippen molar-refractivity contribution in [3.8, 4) is 0 Å². The first-order valence-electron chi connectivity index (χ1n) is 6.72. The molecule has 0 bridgehead atoms. The summed E-state index contributed by atoms with van der Waals surface area (Å²) in [5, 5.41) is 4.57. The van der Waals surface area contributed by atoms with Crippen LogP contribution in [0.1, 0.15) is 39.2 Å². The highest BCUT2D eigenvalue weighted by molar-refractivity contribution is 7.22. The minimum atomic E-state index is 0.488. The van der Waals surface area contributed by atoms with Gasteiger partial charge >= 0.3 is 0 Å². The average Bonchev–Trinajstić information content (AvgIpc) is 2.69. The first-order chi connectivity index (χ1) is 8.58. The summed E-state index contributed by atoms with van der Waals surface area (Å²) in [6, 6.07) is 6.94. The lowest BCUT2D eigenvalue weighted by molar-refractivity contribution is 0.484. The van der Waals surface area contributed by atoms with Crippen LogP contribution in [0.5, 0.6) is 0 Å². The summed E-state index contributed by atoms with van der Waals surface area (Å²) in [5.74, 6) is 0.768. The Kier molecular flexibility index (Phi) is 4.23. The quantitative estimate of drug-likeness (QED) is 0.834. The maximum absolute atomic E-state index is 4.65. The van der Waals surface area contributed by atoms with Crippen molar-refractivity contribution in [3.05, 3.63) is 23.8 Å². The Balaban J connectivity index is 2.07. The number of hydrogen-bond donors (Lipinski definition) is 1. The molecule has 0 amide bonds. The van der Waals surface area contributed by atoms with Crippen molar-refractivity contribution in [1.82, 2.24) is 4.98 Å². The predicted molar refractivity (Wildman–Crippen MR) is 81.5 cm³/mol. The zero-order chi connectivity index (χ0) is 13.1. The summed E-state index contributed by atoms with van der Waals surface area (Å²) in [6.45, 7) is 8.90. The third-order valence-electron chi connectivity index (χ3n) is 3.37. The Morgan fingerprint density at radius 3 is 2.83 bits per heavy atom. The fraction of sp³-hybridized carbons (Fsp3) is 0.533. The first-order valence-corrected chi connectivity index (χ1v) is 7.54.